The number of aromatic nitrogens is 1. The number of nitro benzene ring substituents is 1. The van der Waals surface area contributed by atoms with E-state index in [9.17, 15) is 14.9 Å². The highest BCUT2D eigenvalue weighted by molar-refractivity contribution is 5.89. The van der Waals surface area contributed by atoms with Gasteiger partial charge in [-0.1, -0.05) is 40.0 Å². The monoisotopic (exact) mass is 390 g/mol. The molecule has 28 heavy (non-hydrogen) atoms. The summed E-state index contributed by atoms with van der Waals surface area (Å²) in [5.41, 5.74) is 0.183. The predicted molar refractivity (Wildman–Crippen MR) is 111 cm³/mol. The minimum absolute atomic E-state index is 0.0451. The van der Waals surface area contributed by atoms with Crippen molar-refractivity contribution < 1.29 is 14.4 Å². The molecule has 0 bridgehead atoms. The van der Waals surface area contributed by atoms with Gasteiger partial charge in [-0.05, 0) is 25.3 Å². The van der Waals surface area contributed by atoms with Gasteiger partial charge in [-0.3, -0.25) is 14.9 Å². The van der Waals surface area contributed by atoms with E-state index in [0.29, 0.717) is 36.4 Å². The van der Waals surface area contributed by atoms with Gasteiger partial charge >= 0.3 is 0 Å². The van der Waals surface area contributed by atoms with Crippen LogP contribution >= 0.6 is 0 Å². The van der Waals surface area contributed by atoms with Gasteiger partial charge in [0.2, 0.25) is 5.75 Å². The van der Waals surface area contributed by atoms with Crippen molar-refractivity contribution in [2.24, 2.45) is 0 Å². The van der Waals surface area contributed by atoms with E-state index in [4.69, 9.17) is 9.47 Å². The van der Waals surface area contributed by atoms with Crippen LogP contribution in [0.25, 0.3) is 10.9 Å². The van der Waals surface area contributed by atoms with E-state index < -0.39 is 4.92 Å². The molecule has 1 aromatic heterocycles. The molecule has 154 valence electrons. The van der Waals surface area contributed by atoms with Crippen molar-refractivity contribution in [3.05, 3.63) is 38.7 Å². The van der Waals surface area contributed by atoms with E-state index in [2.05, 4.69) is 13.8 Å². The number of nitro groups is 1. The number of ether oxygens (including phenoxy) is 2. The summed E-state index contributed by atoms with van der Waals surface area (Å²) in [7, 11) is 0. The summed E-state index contributed by atoms with van der Waals surface area (Å²) < 4.78 is 13.4. The second-order valence-electron chi connectivity index (χ2n) is 6.83. The molecule has 0 saturated heterocycles. The Labute approximate surface area is 165 Å². The minimum atomic E-state index is -0.447. The Morgan fingerprint density at radius 3 is 2.14 bits per heavy atom. The summed E-state index contributed by atoms with van der Waals surface area (Å²) in [6.45, 7) is 7.53. The SMILES string of the molecule is CCCCOc1c(OCCCC)c2ccc([N+](=O)[O-])cc2n(CCCC)c1=O. The smallest absolute Gasteiger partial charge is 0.297 e. The Bertz CT molecular complexity index is 860. The second-order valence-corrected chi connectivity index (χ2v) is 6.83. The van der Waals surface area contributed by atoms with Crippen molar-refractivity contribution >= 4 is 16.6 Å². The zero-order valence-electron chi connectivity index (χ0n) is 17.0. The van der Waals surface area contributed by atoms with Gasteiger partial charge in [0.1, 0.15) is 0 Å². The standard InChI is InChI=1S/C21H30N2O5/c1-4-7-12-22-18-15-16(23(25)26)10-11-17(18)19(27-13-8-5-2)20(21(22)24)28-14-9-6-3/h10-11,15H,4-9,12-14H2,1-3H3. The maximum Gasteiger partial charge on any atom is 0.297 e. The van der Waals surface area contributed by atoms with E-state index >= 15 is 0 Å². The third-order valence-corrected chi connectivity index (χ3v) is 4.60. The van der Waals surface area contributed by atoms with E-state index in [-0.39, 0.29) is 17.0 Å². The molecule has 0 fully saturated rings. The van der Waals surface area contributed by atoms with Crippen LogP contribution in [0.4, 0.5) is 5.69 Å². The fourth-order valence-corrected chi connectivity index (χ4v) is 2.95. The molecule has 1 aromatic carbocycles. The summed E-state index contributed by atoms with van der Waals surface area (Å²) in [5, 5.41) is 11.9. The molecule has 2 rings (SSSR count). The van der Waals surface area contributed by atoms with Gasteiger partial charge in [0, 0.05) is 24.1 Å². The summed E-state index contributed by atoms with van der Waals surface area (Å²) in [6, 6.07) is 4.55. The van der Waals surface area contributed by atoms with E-state index in [1.165, 1.54) is 12.1 Å². The average Bonchev–Trinajstić information content (AvgIpc) is 2.69. The van der Waals surface area contributed by atoms with Crippen molar-refractivity contribution in [3.63, 3.8) is 0 Å². The first-order valence-electron chi connectivity index (χ1n) is 10.2. The normalized spacial score (nSPS) is 11.0. The molecule has 0 unspecified atom stereocenters. The third kappa shape index (κ3) is 5.03. The van der Waals surface area contributed by atoms with Crippen LogP contribution in [0.15, 0.2) is 23.0 Å². The Morgan fingerprint density at radius 1 is 0.964 bits per heavy atom. The van der Waals surface area contributed by atoms with Gasteiger partial charge in [-0.25, -0.2) is 0 Å². The number of rotatable bonds is 12. The zero-order valence-corrected chi connectivity index (χ0v) is 17.0. The Morgan fingerprint density at radius 2 is 1.57 bits per heavy atom. The van der Waals surface area contributed by atoms with Crippen LogP contribution in [-0.2, 0) is 6.54 Å². The lowest BCUT2D eigenvalue weighted by molar-refractivity contribution is -0.384. The molecule has 0 spiro atoms. The number of hydrogen-bond donors (Lipinski definition) is 0. The molecule has 0 atom stereocenters. The Balaban J connectivity index is 2.68. The molecule has 7 nitrogen and oxygen atoms in total. The Kier molecular flexibility index (Phi) is 8.29. The predicted octanol–water partition coefficient (Wildman–Crippen LogP) is 5.07. The molecule has 0 aliphatic rings. The van der Waals surface area contributed by atoms with Crippen LogP contribution in [-0.4, -0.2) is 22.7 Å². The maximum absolute atomic E-state index is 13.2. The van der Waals surface area contributed by atoms with Crippen molar-refractivity contribution in [2.45, 2.75) is 65.8 Å². The first-order chi connectivity index (χ1) is 13.5. The average molecular weight is 390 g/mol. The van der Waals surface area contributed by atoms with Crippen LogP contribution in [0, 0.1) is 10.1 Å². The third-order valence-electron chi connectivity index (χ3n) is 4.60. The number of benzene rings is 1. The highest BCUT2D eigenvalue weighted by Crippen LogP contribution is 2.35. The largest absolute Gasteiger partial charge is 0.489 e. The second kappa shape index (κ2) is 10.7. The number of aryl methyl sites for hydroxylation is 1. The molecule has 2 aromatic rings. The number of unbranched alkanes of at least 4 members (excludes halogenated alkanes) is 3. The first-order valence-corrected chi connectivity index (χ1v) is 10.2. The fourth-order valence-electron chi connectivity index (χ4n) is 2.95. The van der Waals surface area contributed by atoms with Crippen molar-refractivity contribution in [1.29, 1.82) is 0 Å². The maximum atomic E-state index is 13.2. The van der Waals surface area contributed by atoms with Crippen LogP contribution in [0.5, 0.6) is 11.5 Å². The van der Waals surface area contributed by atoms with Crippen molar-refractivity contribution in [3.8, 4) is 11.5 Å². The van der Waals surface area contributed by atoms with Gasteiger partial charge in [-0.15, -0.1) is 0 Å². The first kappa shape index (κ1) is 21.7. The fraction of sp³-hybridized carbons (Fsp3) is 0.571. The minimum Gasteiger partial charge on any atom is -0.489 e. The number of nitrogens with zero attached hydrogens (tertiary/aromatic N) is 2. The highest BCUT2D eigenvalue weighted by Gasteiger charge is 2.21. The lowest BCUT2D eigenvalue weighted by atomic mass is 10.1. The molecular formula is C21H30N2O5. The van der Waals surface area contributed by atoms with E-state index in [0.717, 1.165) is 38.5 Å². The van der Waals surface area contributed by atoms with Gasteiger partial charge < -0.3 is 14.0 Å². The number of hydrogen-bond acceptors (Lipinski definition) is 5. The topological polar surface area (TPSA) is 83.6 Å². The molecule has 0 aliphatic carbocycles. The number of pyridine rings is 1. The van der Waals surface area contributed by atoms with Gasteiger partial charge in [-0.2, -0.15) is 0 Å². The molecule has 0 saturated carbocycles. The molecule has 1 heterocycles. The van der Waals surface area contributed by atoms with Gasteiger partial charge in [0.15, 0.2) is 5.75 Å². The lowest BCUT2D eigenvalue weighted by Gasteiger charge is -2.18. The molecule has 0 amide bonds. The van der Waals surface area contributed by atoms with E-state index in [1.807, 2.05) is 6.92 Å². The molecule has 0 aliphatic heterocycles. The highest BCUT2D eigenvalue weighted by atomic mass is 16.6. The van der Waals surface area contributed by atoms with Gasteiger partial charge in [0.25, 0.3) is 11.2 Å². The molecule has 0 radical (unpaired) electrons. The number of fused-ring (bicyclic) bond motifs is 1. The van der Waals surface area contributed by atoms with Crippen LogP contribution in [0.2, 0.25) is 0 Å². The van der Waals surface area contributed by atoms with Crippen LogP contribution in [0.1, 0.15) is 59.3 Å². The molecule has 7 heteroatoms. The molecular weight excluding hydrogens is 360 g/mol. The summed E-state index contributed by atoms with van der Waals surface area (Å²) in [5.74, 6) is 0.606. The quantitative estimate of drug-likeness (QED) is 0.287. The van der Waals surface area contributed by atoms with Crippen molar-refractivity contribution in [1.82, 2.24) is 4.57 Å². The zero-order chi connectivity index (χ0) is 20.5. The summed E-state index contributed by atoms with van der Waals surface area (Å²) >= 11 is 0. The van der Waals surface area contributed by atoms with E-state index in [1.54, 1.807) is 10.6 Å². The summed E-state index contributed by atoms with van der Waals surface area (Å²) in [4.78, 5) is 24.0. The van der Waals surface area contributed by atoms with Crippen LogP contribution in [0.3, 0.4) is 0 Å². The Hall–Kier alpha value is -2.57. The lowest BCUT2D eigenvalue weighted by Crippen LogP contribution is -2.24. The van der Waals surface area contributed by atoms with Gasteiger partial charge in [0.05, 0.1) is 23.7 Å². The summed E-state index contributed by atoms with van der Waals surface area (Å²) in [6.07, 6.45) is 5.30. The molecule has 0 N–H and O–H groups in total. The van der Waals surface area contributed by atoms with Crippen molar-refractivity contribution in [2.75, 3.05) is 13.2 Å². The number of non-ortho nitro benzene ring substituents is 1. The van der Waals surface area contributed by atoms with Crippen LogP contribution < -0.4 is 15.0 Å².